The van der Waals surface area contributed by atoms with Crippen LogP contribution >= 0.6 is 23.2 Å². The highest BCUT2D eigenvalue weighted by Gasteiger charge is 2.58. The van der Waals surface area contributed by atoms with Gasteiger partial charge in [0.05, 0.1) is 12.2 Å². The highest BCUT2D eigenvalue weighted by molar-refractivity contribution is 6.30. The summed E-state index contributed by atoms with van der Waals surface area (Å²) in [6, 6.07) is 17.0. The number of rotatable bonds is 6. The lowest BCUT2D eigenvalue weighted by atomic mass is 9.71. The van der Waals surface area contributed by atoms with Crippen LogP contribution in [0.1, 0.15) is 63.9 Å². The van der Waals surface area contributed by atoms with Gasteiger partial charge in [0.1, 0.15) is 22.7 Å². The Bertz CT molecular complexity index is 1300. The first-order valence-corrected chi connectivity index (χ1v) is 12.6. The van der Waals surface area contributed by atoms with E-state index in [0.717, 1.165) is 16.8 Å². The summed E-state index contributed by atoms with van der Waals surface area (Å²) in [7, 11) is 0. The molecule has 3 aromatic rings. The van der Waals surface area contributed by atoms with Gasteiger partial charge >= 0.3 is 6.41 Å². The number of nitrogens with zero attached hydrogens (tertiary/aromatic N) is 3. The Hall–Kier alpha value is -2.89. The molecule has 2 aromatic carbocycles. The molecule has 36 heavy (non-hydrogen) atoms. The van der Waals surface area contributed by atoms with E-state index in [2.05, 4.69) is 27.2 Å². The van der Waals surface area contributed by atoms with Crippen molar-refractivity contribution in [3.8, 4) is 5.75 Å². The topological polar surface area (TPSA) is 54.8 Å². The minimum absolute atomic E-state index is 0.173. The van der Waals surface area contributed by atoms with E-state index in [1.807, 2.05) is 75.4 Å². The number of amidine groups is 1. The molecule has 0 saturated heterocycles. The van der Waals surface area contributed by atoms with Crippen molar-refractivity contribution in [3.05, 3.63) is 93.2 Å². The van der Waals surface area contributed by atoms with E-state index in [4.69, 9.17) is 37.9 Å². The summed E-state index contributed by atoms with van der Waals surface area (Å²) in [5.74, 6) is 1.06. The molecule has 2 atom stereocenters. The second-order valence-corrected chi connectivity index (χ2v) is 11.1. The lowest BCUT2D eigenvalue weighted by Gasteiger charge is -2.43. The number of benzene rings is 2. The van der Waals surface area contributed by atoms with E-state index in [1.54, 1.807) is 11.1 Å². The molecule has 0 unspecified atom stereocenters. The van der Waals surface area contributed by atoms with Gasteiger partial charge in [0, 0.05) is 33.4 Å². The maximum Gasteiger partial charge on any atom is 0.319 e. The fourth-order valence-electron chi connectivity index (χ4n) is 4.71. The molecule has 187 valence electrons. The average Bonchev–Trinajstić information content (AvgIpc) is 3.07. The third-order valence-electron chi connectivity index (χ3n) is 7.02. The molecule has 2 heterocycles. The zero-order valence-electron chi connectivity index (χ0n) is 21.4. The molecule has 1 aromatic heterocycles. The van der Waals surface area contributed by atoms with Crippen LogP contribution in [0.15, 0.2) is 65.8 Å². The maximum atomic E-state index is 12.7. The van der Waals surface area contributed by atoms with Gasteiger partial charge in [0.25, 0.3) is 0 Å². The second kappa shape index (κ2) is 9.53. The summed E-state index contributed by atoms with van der Waals surface area (Å²) in [5, 5.41) is 1.23. The number of carbonyl (C=O) groups excluding carboxylic acids is 1. The van der Waals surface area contributed by atoms with Gasteiger partial charge in [-0.25, -0.2) is 0 Å². The molecule has 0 bridgehead atoms. The summed E-state index contributed by atoms with van der Waals surface area (Å²) < 4.78 is 6.05. The van der Waals surface area contributed by atoms with Gasteiger partial charge in [-0.15, -0.1) is 0 Å². The zero-order chi connectivity index (χ0) is 26.3. The van der Waals surface area contributed by atoms with Gasteiger partial charge in [-0.2, -0.15) is 0 Å². The molecule has 7 heteroatoms. The van der Waals surface area contributed by atoms with Crippen LogP contribution in [-0.4, -0.2) is 28.7 Å². The second-order valence-electron chi connectivity index (χ2n) is 10.3. The van der Waals surface area contributed by atoms with Gasteiger partial charge in [0.15, 0.2) is 0 Å². The molecule has 0 spiro atoms. The lowest BCUT2D eigenvalue weighted by molar-refractivity contribution is 0.179. The highest BCUT2D eigenvalue weighted by atomic mass is 35.5. The molecule has 5 nitrogen and oxygen atoms in total. The van der Waals surface area contributed by atoms with Crippen LogP contribution in [0.5, 0.6) is 5.75 Å². The van der Waals surface area contributed by atoms with E-state index < -0.39 is 11.1 Å². The van der Waals surface area contributed by atoms with Gasteiger partial charge in [-0.3, -0.25) is 19.7 Å². The van der Waals surface area contributed by atoms with Crippen molar-refractivity contribution in [2.75, 3.05) is 6.61 Å². The Morgan fingerprint density at radius 2 is 1.53 bits per heavy atom. The molecule has 0 fully saturated rings. The Kier molecular flexibility index (Phi) is 6.93. The van der Waals surface area contributed by atoms with Crippen LogP contribution in [0.4, 0.5) is 0 Å². The molecule has 4 rings (SSSR count). The number of aliphatic imine (C=N–C) groups is 1. The fraction of sp³-hybridized carbons (Fsp3) is 0.345. The molecule has 0 aliphatic carbocycles. The lowest BCUT2D eigenvalue weighted by Crippen LogP contribution is -2.52. The molecule has 0 N–H and O–H groups in total. The highest BCUT2D eigenvalue weighted by Crippen LogP contribution is 2.53. The van der Waals surface area contributed by atoms with Crippen molar-refractivity contribution in [2.45, 2.75) is 58.0 Å². The third-order valence-corrected chi connectivity index (χ3v) is 7.52. The molecule has 1 amide bonds. The Morgan fingerprint density at radius 3 is 2.03 bits per heavy atom. The fourth-order valence-corrected chi connectivity index (χ4v) is 4.96. The number of halogens is 2. The summed E-state index contributed by atoms with van der Waals surface area (Å²) >= 11 is 12.4. The van der Waals surface area contributed by atoms with E-state index in [-0.39, 0.29) is 5.41 Å². The Balaban J connectivity index is 2.00. The van der Waals surface area contributed by atoms with Crippen LogP contribution < -0.4 is 4.74 Å². The standard InChI is InChI=1S/C29H30Cl2N3O2/c1-7-36-24-16-25(27(2,3)4)32-17-23(24)26-33-28(5,19-8-12-21(30)13-9-19)29(6,34(26)18-35)20-10-14-22(31)15-11-20/h8-17H,7H2,1-6H3/t28-,29+/m0/s1. The zero-order valence-corrected chi connectivity index (χ0v) is 22.9. The number of amides is 1. The number of aromatic nitrogens is 1. The van der Waals surface area contributed by atoms with Crippen LogP contribution in [0.3, 0.4) is 0 Å². The molecule has 0 saturated carbocycles. The average molecular weight is 523 g/mol. The van der Waals surface area contributed by atoms with Gasteiger partial charge in [-0.1, -0.05) is 68.2 Å². The molecular formula is C29H30Cl2N3O2. The van der Waals surface area contributed by atoms with Crippen LogP contribution in [0.25, 0.3) is 0 Å². The predicted molar refractivity (Wildman–Crippen MR) is 146 cm³/mol. The Morgan fingerprint density at radius 1 is 0.972 bits per heavy atom. The van der Waals surface area contributed by atoms with Crippen molar-refractivity contribution in [1.82, 2.24) is 9.88 Å². The first-order valence-electron chi connectivity index (χ1n) is 11.9. The largest absolute Gasteiger partial charge is 0.493 e. The van der Waals surface area contributed by atoms with Crippen molar-refractivity contribution < 1.29 is 9.53 Å². The number of pyridine rings is 1. The van der Waals surface area contributed by atoms with E-state index in [1.165, 1.54) is 0 Å². The quantitative estimate of drug-likeness (QED) is 0.348. The van der Waals surface area contributed by atoms with E-state index in [0.29, 0.717) is 33.8 Å². The first kappa shape index (κ1) is 26.2. The number of ether oxygens (including phenoxy) is 1. The predicted octanol–water partition coefficient (Wildman–Crippen LogP) is 7.04. The van der Waals surface area contributed by atoms with Crippen LogP contribution in [-0.2, 0) is 21.3 Å². The van der Waals surface area contributed by atoms with Crippen LogP contribution in [0.2, 0.25) is 10.0 Å². The van der Waals surface area contributed by atoms with Crippen molar-refractivity contribution in [3.63, 3.8) is 0 Å². The van der Waals surface area contributed by atoms with Crippen LogP contribution in [0, 0.1) is 0 Å². The Labute approximate surface area is 223 Å². The summed E-state index contributed by atoms with van der Waals surface area (Å²) in [5.41, 5.74) is 1.29. The maximum absolute atomic E-state index is 12.7. The minimum atomic E-state index is -0.936. The van der Waals surface area contributed by atoms with Crippen molar-refractivity contribution >= 4 is 35.4 Å². The summed E-state index contributed by atoms with van der Waals surface area (Å²) in [6.45, 7) is 12.7. The number of hydrogen-bond acceptors (Lipinski definition) is 4. The molecule has 1 aliphatic rings. The van der Waals surface area contributed by atoms with Gasteiger partial charge in [-0.05, 0) is 56.2 Å². The minimum Gasteiger partial charge on any atom is -0.493 e. The van der Waals surface area contributed by atoms with Gasteiger partial charge in [0.2, 0.25) is 0 Å². The third kappa shape index (κ3) is 4.29. The summed E-state index contributed by atoms with van der Waals surface area (Å²) in [4.78, 5) is 24.2. The first-order chi connectivity index (χ1) is 17.0. The SMILES string of the molecule is CCOc1cc(C(C)(C)C)ncc1C1=N[C@@](C)(c2ccc(Cl)cc2)[C@@](C)(c2ccc(Cl)cc2)N1[C]=O. The summed E-state index contributed by atoms with van der Waals surface area (Å²) in [6.07, 6.45) is 3.92. The monoisotopic (exact) mass is 522 g/mol. The van der Waals surface area contributed by atoms with Crippen molar-refractivity contribution in [2.24, 2.45) is 4.99 Å². The van der Waals surface area contributed by atoms with Gasteiger partial charge < -0.3 is 4.74 Å². The smallest absolute Gasteiger partial charge is 0.319 e. The molecule has 1 radical (unpaired) electrons. The van der Waals surface area contributed by atoms with Crippen molar-refractivity contribution in [1.29, 1.82) is 0 Å². The molecular weight excluding hydrogens is 493 g/mol. The number of hydrogen-bond donors (Lipinski definition) is 0. The van der Waals surface area contributed by atoms with E-state index in [9.17, 15) is 4.79 Å². The normalized spacial score (nSPS) is 21.9. The van der Waals surface area contributed by atoms with E-state index >= 15 is 0 Å². The molecule has 1 aliphatic heterocycles.